The van der Waals surface area contributed by atoms with Crippen LogP contribution in [0, 0.1) is 11.3 Å². The summed E-state index contributed by atoms with van der Waals surface area (Å²) in [5, 5.41) is 23.3. The maximum absolute atomic E-state index is 10.4. The fourth-order valence-corrected chi connectivity index (χ4v) is 3.89. The van der Waals surface area contributed by atoms with E-state index in [1.165, 1.54) is 5.56 Å². The van der Waals surface area contributed by atoms with E-state index in [0.29, 0.717) is 12.1 Å². The van der Waals surface area contributed by atoms with Gasteiger partial charge in [0.25, 0.3) is 0 Å². The van der Waals surface area contributed by atoms with E-state index in [1.54, 1.807) is 0 Å². The number of aromatic nitrogens is 1. The van der Waals surface area contributed by atoms with Crippen LogP contribution in [-0.2, 0) is 19.5 Å². The van der Waals surface area contributed by atoms with Crippen molar-refractivity contribution < 1.29 is 5.11 Å². The van der Waals surface area contributed by atoms with Crippen molar-refractivity contribution >= 4 is 5.82 Å². The van der Waals surface area contributed by atoms with Crippen LogP contribution in [0.1, 0.15) is 22.3 Å². The minimum absolute atomic E-state index is 0.138. The molecule has 0 amide bonds. The molecule has 0 aliphatic carbocycles. The highest BCUT2D eigenvalue weighted by Gasteiger charge is 2.28. The van der Waals surface area contributed by atoms with Crippen LogP contribution in [-0.4, -0.2) is 47.7 Å². The second-order valence-electron chi connectivity index (χ2n) is 6.89. The molecule has 1 aromatic heterocycles. The van der Waals surface area contributed by atoms with Gasteiger partial charge in [-0.2, -0.15) is 10.2 Å². The van der Waals surface area contributed by atoms with Gasteiger partial charge >= 0.3 is 0 Å². The lowest BCUT2D eigenvalue weighted by Gasteiger charge is -2.35. The summed E-state index contributed by atoms with van der Waals surface area (Å²) in [6.07, 6.45) is 0.851. The van der Waals surface area contributed by atoms with E-state index in [0.717, 1.165) is 62.6 Å². The van der Waals surface area contributed by atoms with Gasteiger partial charge in [-0.05, 0) is 17.5 Å². The second-order valence-corrected chi connectivity index (χ2v) is 6.89. The molecule has 0 unspecified atom stereocenters. The van der Waals surface area contributed by atoms with E-state index in [1.807, 2.05) is 18.2 Å². The second kappa shape index (κ2) is 7.32. The predicted molar refractivity (Wildman–Crippen MR) is 100.0 cm³/mol. The number of rotatable bonds is 3. The summed E-state index contributed by atoms with van der Waals surface area (Å²) < 4.78 is 0. The molecule has 3 heterocycles. The smallest absolute Gasteiger partial charge is 0.231 e. The normalized spacial score (nSPS) is 17.6. The minimum atomic E-state index is -0.138. The van der Waals surface area contributed by atoms with Crippen molar-refractivity contribution in [1.29, 1.82) is 5.26 Å². The number of aromatic hydroxyl groups is 1. The van der Waals surface area contributed by atoms with Gasteiger partial charge in [-0.15, -0.1) is 0 Å². The van der Waals surface area contributed by atoms with E-state index >= 15 is 0 Å². The van der Waals surface area contributed by atoms with Gasteiger partial charge in [0.2, 0.25) is 5.88 Å². The van der Waals surface area contributed by atoms with Gasteiger partial charge in [0, 0.05) is 51.4 Å². The Morgan fingerprint density at radius 1 is 1.12 bits per heavy atom. The Balaban J connectivity index is 1.66. The first-order chi connectivity index (χ1) is 12.8. The molecular weight excluding hydrogens is 326 g/mol. The van der Waals surface area contributed by atoms with Crippen LogP contribution >= 0.6 is 0 Å². The Hall–Kier alpha value is -2.62. The molecule has 2 N–H and O–H groups in total. The molecule has 1 aromatic carbocycles. The van der Waals surface area contributed by atoms with Crippen molar-refractivity contribution in [1.82, 2.24) is 15.2 Å². The summed E-state index contributed by atoms with van der Waals surface area (Å²) in [6, 6.07) is 12.5. The van der Waals surface area contributed by atoms with E-state index in [9.17, 15) is 10.4 Å². The Morgan fingerprint density at radius 2 is 1.88 bits per heavy atom. The molecule has 0 atom stereocenters. The van der Waals surface area contributed by atoms with E-state index < -0.39 is 0 Å². The van der Waals surface area contributed by atoms with Crippen LogP contribution < -0.4 is 10.2 Å². The zero-order valence-corrected chi connectivity index (χ0v) is 14.8. The maximum Gasteiger partial charge on any atom is 0.231 e. The predicted octanol–water partition coefficient (Wildman–Crippen LogP) is 1.63. The molecular formula is C20H23N5O. The standard InChI is InChI=1S/C20H23N5O/c21-12-17-18-14-24(13-15-4-2-1-3-5-15)9-6-16(18)19(23-20(17)26)25-10-7-22-8-11-25/h1-5,22H,6-11,13-14H2,(H,23,26). The molecule has 2 aliphatic heterocycles. The third kappa shape index (κ3) is 3.24. The number of nitrogens with zero attached hydrogens (tertiary/aromatic N) is 4. The lowest BCUT2D eigenvalue weighted by molar-refractivity contribution is 0.244. The molecule has 2 aliphatic rings. The number of anilines is 1. The van der Waals surface area contributed by atoms with Crippen LogP contribution in [0.3, 0.4) is 0 Å². The van der Waals surface area contributed by atoms with Crippen molar-refractivity contribution in [2.75, 3.05) is 37.6 Å². The van der Waals surface area contributed by atoms with Crippen LogP contribution in [0.25, 0.3) is 0 Å². The van der Waals surface area contributed by atoms with Gasteiger partial charge in [0.1, 0.15) is 17.5 Å². The number of pyridine rings is 1. The van der Waals surface area contributed by atoms with E-state index in [4.69, 9.17) is 0 Å². The zero-order chi connectivity index (χ0) is 17.9. The molecule has 4 rings (SSSR count). The van der Waals surface area contributed by atoms with Crippen molar-refractivity contribution in [2.45, 2.75) is 19.5 Å². The summed E-state index contributed by atoms with van der Waals surface area (Å²) in [4.78, 5) is 8.96. The quantitative estimate of drug-likeness (QED) is 0.877. The van der Waals surface area contributed by atoms with Crippen LogP contribution in [0.4, 0.5) is 5.82 Å². The van der Waals surface area contributed by atoms with Gasteiger partial charge in [0.05, 0.1) is 0 Å². The molecule has 26 heavy (non-hydrogen) atoms. The first-order valence-electron chi connectivity index (χ1n) is 9.13. The topological polar surface area (TPSA) is 75.4 Å². The summed E-state index contributed by atoms with van der Waals surface area (Å²) >= 11 is 0. The number of nitrogens with one attached hydrogen (secondary N) is 1. The molecule has 0 spiro atoms. The number of nitriles is 1. The van der Waals surface area contributed by atoms with Gasteiger partial charge in [-0.25, -0.2) is 0 Å². The van der Waals surface area contributed by atoms with Crippen LogP contribution in [0.2, 0.25) is 0 Å². The van der Waals surface area contributed by atoms with Crippen LogP contribution in [0.5, 0.6) is 5.88 Å². The van der Waals surface area contributed by atoms with Crippen molar-refractivity contribution in [3.63, 3.8) is 0 Å². The Kier molecular flexibility index (Phi) is 4.74. The van der Waals surface area contributed by atoms with Gasteiger partial charge in [-0.3, -0.25) is 4.90 Å². The Bertz CT molecular complexity index is 824. The number of hydrogen-bond acceptors (Lipinski definition) is 6. The molecule has 0 radical (unpaired) electrons. The molecule has 6 nitrogen and oxygen atoms in total. The molecule has 1 fully saturated rings. The summed E-state index contributed by atoms with van der Waals surface area (Å²) in [7, 11) is 0. The average molecular weight is 349 g/mol. The highest BCUT2D eigenvalue weighted by molar-refractivity contribution is 5.61. The van der Waals surface area contributed by atoms with E-state index in [-0.39, 0.29) is 5.88 Å². The minimum Gasteiger partial charge on any atom is -0.492 e. The summed E-state index contributed by atoms with van der Waals surface area (Å²) in [5.74, 6) is 0.721. The fourth-order valence-electron chi connectivity index (χ4n) is 3.89. The largest absolute Gasteiger partial charge is 0.492 e. The molecule has 1 saturated heterocycles. The number of hydrogen-bond donors (Lipinski definition) is 2. The van der Waals surface area contributed by atoms with Crippen molar-refractivity contribution in [2.24, 2.45) is 0 Å². The Labute approximate surface area is 153 Å². The summed E-state index contributed by atoms with van der Waals surface area (Å²) in [5.41, 5.74) is 3.66. The molecule has 134 valence electrons. The number of piperazine rings is 1. The molecule has 0 saturated carbocycles. The summed E-state index contributed by atoms with van der Waals surface area (Å²) in [6.45, 7) is 6.02. The van der Waals surface area contributed by atoms with Gasteiger partial charge in [-0.1, -0.05) is 30.3 Å². The van der Waals surface area contributed by atoms with E-state index in [2.05, 4.69) is 38.3 Å². The van der Waals surface area contributed by atoms with Gasteiger partial charge < -0.3 is 15.3 Å². The average Bonchev–Trinajstić information content (AvgIpc) is 2.69. The first-order valence-corrected chi connectivity index (χ1v) is 9.13. The highest BCUT2D eigenvalue weighted by atomic mass is 16.3. The monoisotopic (exact) mass is 349 g/mol. The third-order valence-corrected chi connectivity index (χ3v) is 5.21. The number of benzene rings is 1. The lowest BCUT2D eigenvalue weighted by atomic mass is 9.95. The van der Waals surface area contributed by atoms with Gasteiger partial charge in [0.15, 0.2) is 0 Å². The van der Waals surface area contributed by atoms with Crippen LogP contribution in [0.15, 0.2) is 30.3 Å². The molecule has 6 heteroatoms. The zero-order valence-electron chi connectivity index (χ0n) is 14.8. The SMILES string of the molecule is N#Cc1c(O)nc(N2CCNCC2)c2c1CN(Cc1ccccc1)CC2. The number of fused-ring (bicyclic) bond motifs is 1. The highest BCUT2D eigenvalue weighted by Crippen LogP contribution is 2.34. The maximum atomic E-state index is 10.4. The van der Waals surface area contributed by atoms with Crippen molar-refractivity contribution in [3.8, 4) is 11.9 Å². The van der Waals surface area contributed by atoms with Crippen molar-refractivity contribution in [3.05, 3.63) is 52.6 Å². The third-order valence-electron chi connectivity index (χ3n) is 5.21. The Morgan fingerprint density at radius 3 is 2.62 bits per heavy atom. The lowest BCUT2D eigenvalue weighted by Crippen LogP contribution is -2.45. The fraction of sp³-hybridized carbons (Fsp3) is 0.400. The first kappa shape index (κ1) is 16.8. The molecule has 0 bridgehead atoms. The molecule has 2 aromatic rings.